The minimum Gasteiger partial charge on any atom is -0.481 e. The predicted octanol–water partition coefficient (Wildman–Crippen LogP) is 4.41. The highest BCUT2D eigenvalue weighted by atomic mass is 16.5. The molecule has 2 atom stereocenters. The second-order valence-corrected chi connectivity index (χ2v) is 9.34. The Balaban J connectivity index is 1.42. The molecule has 2 aliphatic rings. The van der Waals surface area contributed by atoms with E-state index < -0.39 is 18.1 Å². The number of likely N-dealkylation sites (N-methyl/N-ethyl adjacent to an activating group) is 1. The van der Waals surface area contributed by atoms with Gasteiger partial charge in [0.25, 0.3) is 0 Å². The summed E-state index contributed by atoms with van der Waals surface area (Å²) >= 11 is 0. The van der Waals surface area contributed by atoms with Gasteiger partial charge in [-0.15, -0.1) is 0 Å². The van der Waals surface area contributed by atoms with Crippen molar-refractivity contribution in [2.75, 3.05) is 13.7 Å². The smallest absolute Gasteiger partial charge is 0.407 e. The van der Waals surface area contributed by atoms with Crippen molar-refractivity contribution < 1.29 is 24.2 Å². The molecule has 2 amide bonds. The third kappa shape index (κ3) is 4.93. The standard InChI is InChI=1S/C27H32N2O5/c1-17(18-8-7-9-18)29(2)26(32)24(14-15-25(30)31)28-27(33)34-16-23-21-12-5-3-10-19(21)20-11-4-6-13-22(20)23/h3-6,10-13,17-18,23-24H,7-9,14-16H2,1-2H3,(H,28,33)(H,30,31). The Morgan fingerprint density at radius 1 is 1.06 bits per heavy atom. The molecule has 0 bridgehead atoms. The Labute approximate surface area is 200 Å². The van der Waals surface area contributed by atoms with Crippen molar-refractivity contribution in [3.8, 4) is 11.1 Å². The van der Waals surface area contributed by atoms with Crippen molar-refractivity contribution in [1.29, 1.82) is 0 Å². The highest BCUT2D eigenvalue weighted by molar-refractivity contribution is 5.86. The van der Waals surface area contributed by atoms with Crippen LogP contribution < -0.4 is 5.32 Å². The van der Waals surface area contributed by atoms with Crippen LogP contribution in [-0.2, 0) is 14.3 Å². The summed E-state index contributed by atoms with van der Waals surface area (Å²) in [6.07, 6.45) is 2.41. The molecule has 2 unspecified atom stereocenters. The van der Waals surface area contributed by atoms with E-state index in [4.69, 9.17) is 9.84 Å². The van der Waals surface area contributed by atoms with Gasteiger partial charge in [-0.1, -0.05) is 55.0 Å². The largest absolute Gasteiger partial charge is 0.481 e. The number of carbonyl (C=O) groups is 3. The number of benzene rings is 2. The van der Waals surface area contributed by atoms with E-state index in [0.717, 1.165) is 41.5 Å². The molecule has 4 rings (SSSR count). The Hall–Kier alpha value is -3.35. The first kappa shape index (κ1) is 23.8. The van der Waals surface area contributed by atoms with E-state index >= 15 is 0 Å². The summed E-state index contributed by atoms with van der Waals surface area (Å²) in [5, 5.41) is 11.8. The maximum Gasteiger partial charge on any atom is 0.407 e. The maximum atomic E-state index is 13.1. The van der Waals surface area contributed by atoms with Crippen molar-refractivity contribution in [2.24, 2.45) is 5.92 Å². The first-order valence-electron chi connectivity index (χ1n) is 12.0. The molecular weight excluding hydrogens is 432 g/mol. The molecule has 0 radical (unpaired) electrons. The number of carbonyl (C=O) groups excluding carboxylic acids is 2. The molecule has 0 aromatic heterocycles. The van der Waals surface area contributed by atoms with Crippen LogP contribution in [-0.4, -0.2) is 53.7 Å². The molecule has 0 saturated heterocycles. The number of ether oxygens (including phenoxy) is 1. The number of hydrogen-bond donors (Lipinski definition) is 2. The van der Waals surface area contributed by atoms with Gasteiger partial charge >= 0.3 is 12.1 Å². The first-order valence-corrected chi connectivity index (χ1v) is 12.0. The minimum absolute atomic E-state index is 0.0140. The summed E-state index contributed by atoms with van der Waals surface area (Å²) in [6.45, 7) is 2.14. The van der Waals surface area contributed by atoms with Gasteiger partial charge in [-0.25, -0.2) is 4.79 Å². The number of carboxylic acids is 1. The number of alkyl carbamates (subject to hydrolysis) is 1. The molecule has 2 aromatic carbocycles. The molecule has 0 spiro atoms. The van der Waals surface area contributed by atoms with Crippen LogP contribution in [0, 0.1) is 5.92 Å². The highest BCUT2D eigenvalue weighted by Crippen LogP contribution is 2.44. The second kappa shape index (κ2) is 10.3. The third-order valence-corrected chi connectivity index (χ3v) is 7.37. The van der Waals surface area contributed by atoms with E-state index in [1.54, 1.807) is 11.9 Å². The molecule has 2 aliphatic carbocycles. The topological polar surface area (TPSA) is 95.9 Å². The number of nitrogens with zero attached hydrogens (tertiary/aromatic N) is 1. The molecule has 7 nitrogen and oxygen atoms in total. The molecule has 2 N–H and O–H groups in total. The molecule has 0 aliphatic heterocycles. The van der Waals surface area contributed by atoms with Crippen LogP contribution in [0.25, 0.3) is 11.1 Å². The van der Waals surface area contributed by atoms with Gasteiger partial charge in [0.1, 0.15) is 12.6 Å². The van der Waals surface area contributed by atoms with Gasteiger partial charge in [0.05, 0.1) is 0 Å². The molecule has 0 heterocycles. The van der Waals surface area contributed by atoms with Gasteiger partial charge in [0.15, 0.2) is 0 Å². The average molecular weight is 465 g/mol. The van der Waals surface area contributed by atoms with Crippen LogP contribution in [0.5, 0.6) is 0 Å². The Bertz CT molecular complexity index is 1020. The van der Waals surface area contributed by atoms with Gasteiger partial charge < -0.3 is 20.1 Å². The quantitative estimate of drug-likeness (QED) is 0.573. The van der Waals surface area contributed by atoms with Crippen LogP contribution in [0.1, 0.15) is 56.1 Å². The van der Waals surface area contributed by atoms with Crippen molar-refractivity contribution in [2.45, 2.75) is 57.0 Å². The summed E-state index contributed by atoms with van der Waals surface area (Å²) in [5.74, 6) is -0.938. The highest BCUT2D eigenvalue weighted by Gasteiger charge is 2.34. The molecule has 180 valence electrons. The van der Waals surface area contributed by atoms with Crippen molar-refractivity contribution >= 4 is 18.0 Å². The summed E-state index contributed by atoms with van der Waals surface area (Å²) in [4.78, 5) is 38.6. The summed E-state index contributed by atoms with van der Waals surface area (Å²) in [6, 6.07) is 15.2. The predicted molar refractivity (Wildman–Crippen MR) is 128 cm³/mol. The van der Waals surface area contributed by atoms with E-state index in [0.29, 0.717) is 5.92 Å². The maximum absolute atomic E-state index is 13.1. The van der Waals surface area contributed by atoms with Gasteiger partial charge in [0, 0.05) is 25.4 Å². The van der Waals surface area contributed by atoms with Crippen LogP contribution in [0.3, 0.4) is 0 Å². The zero-order valence-electron chi connectivity index (χ0n) is 19.7. The molecule has 7 heteroatoms. The number of nitrogens with one attached hydrogen (secondary N) is 1. The van der Waals surface area contributed by atoms with Crippen molar-refractivity contribution in [3.05, 3.63) is 59.7 Å². The minimum atomic E-state index is -1.01. The SMILES string of the molecule is CC(C1CCC1)N(C)C(=O)C(CCC(=O)O)NC(=O)OCC1c2ccccc2-c2ccccc21. The lowest BCUT2D eigenvalue weighted by molar-refractivity contribution is -0.138. The van der Waals surface area contributed by atoms with Crippen LogP contribution in [0.15, 0.2) is 48.5 Å². The molecule has 1 saturated carbocycles. The Kier molecular flexibility index (Phi) is 7.20. The van der Waals surface area contributed by atoms with E-state index in [1.165, 1.54) is 0 Å². The van der Waals surface area contributed by atoms with Gasteiger partial charge in [0.2, 0.25) is 5.91 Å². The van der Waals surface area contributed by atoms with Crippen molar-refractivity contribution in [3.63, 3.8) is 0 Å². The van der Waals surface area contributed by atoms with E-state index in [2.05, 4.69) is 17.4 Å². The zero-order valence-corrected chi connectivity index (χ0v) is 19.7. The van der Waals surface area contributed by atoms with Crippen LogP contribution in [0.2, 0.25) is 0 Å². The first-order chi connectivity index (χ1) is 16.4. The van der Waals surface area contributed by atoms with Gasteiger partial charge in [-0.2, -0.15) is 0 Å². The lowest BCUT2D eigenvalue weighted by Crippen LogP contribution is -2.52. The average Bonchev–Trinajstić information content (AvgIpc) is 3.12. The number of fused-ring (bicyclic) bond motifs is 3. The zero-order chi connectivity index (χ0) is 24.2. The fourth-order valence-corrected chi connectivity index (χ4v) is 4.99. The van der Waals surface area contributed by atoms with Gasteiger partial charge in [-0.3, -0.25) is 9.59 Å². The molecule has 1 fully saturated rings. The fraction of sp³-hybridized carbons (Fsp3) is 0.444. The Morgan fingerprint density at radius 2 is 1.65 bits per heavy atom. The lowest BCUT2D eigenvalue weighted by Gasteiger charge is -2.38. The summed E-state index contributed by atoms with van der Waals surface area (Å²) in [5.41, 5.74) is 4.47. The normalized spacial score (nSPS) is 16.5. The summed E-state index contributed by atoms with van der Waals surface area (Å²) < 4.78 is 5.58. The third-order valence-electron chi connectivity index (χ3n) is 7.37. The molecule has 34 heavy (non-hydrogen) atoms. The lowest BCUT2D eigenvalue weighted by atomic mass is 9.80. The number of carboxylic acid groups (broad SMARTS) is 1. The van der Waals surface area contributed by atoms with E-state index in [-0.39, 0.29) is 37.3 Å². The number of aliphatic carboxylic acids is 1. The number of rotatable bonds is 9. The monoisotopic (exact) mass is 464 g/mol. The number of hydrogen-bond acceptors (Lipinski definition) is 4. The fourth-order valence-electron chi connectivity index (χ4n) is 4.99. The van der Waals surface area contributed by atoms with Crippen LogP contribution >= 0.6 is 0 Å². The summed E-state index contributed by atoms with van der Waals surface area (Å²) in [7, 11) is 1.72. The number of amides is 2. The Morgan fingerprint density at radius 3 is 2.18 bits per heavy atom. The second-order valence-electron chi connectivity index (χ2n) is 9.34. The molecule has 2 aromatic rings. The van der Waals surface area contributed by atoms with Crippen molar-refractivity contribution in [1.82, 2.24) is 10.2 Å². The van der Waals surface area contributed by atoms with E-state index in [1.807, 2.05) is 43.3 Å². The van der Waals surface area contributed by atoms with Crippen LogP contribution in [0.4, 0.5) is 4.79 Å². The molecular formula is C27H32N2O5. The van der Waals surface area contributed by atoms with Gasteiger partial charge in [-0.05, 0) is 54.4 Å². The van der Waals surface area contributed by atoms with E-state index in [9.17, 15) is 14.4 Å².